The van der Waals surface area contributed by atoms with Gasteiger partial charge in [0.05, 0.1) is 0 Å². The van der Waals surface area contributed by atoms with Crippen LogP contribution in [0.15, 0.2) is 33.5 Å². The van der Waals surface area contributed by atoms with Crippen LogP contribution >= 0.6 is 27.5 Å². The van der Waals surface area contributed by atoms with E-state index in [0.29, 0.717) is 11.6 Å². The van der Waals surface area contributed by atoms with Crippen LogP contribution in [0.4, 0.5) is 0 Å². The van der Waals surface area contributed by atoms with Crippen molar-refractivity contribution in [2.24, 2.45) is 0 Å². The lowest BCUT2D eigenvalue weighted by Crippen LogP contribution is -2.35. The molecule has 0 saturated carbocycles. The van der Waals surface area contributed by atoms with Gasteiger partial charge in [0, 0.05) is 27.1 Å². The summed E-state index contributed by atoms with van der Waals surface area (Å²) in [6, 6.07) is 5.60. The van der Waals surface area contributed by atoms with Crippen molar-refractivity contribution in [1.29, 1.82) is 0 Å². The van der Waals surface area contributed by atoms with Crippen molar-refractivity contribution in [3.05, 3.63) is 39.8 Å². The summed E-state index contributed by atoms with van der Waals surface area (Å²) in [7, 11) is 0. The zero-order valence-electron chi connectivity index (χ0n) is 11.1. The molecule has 1 N–H and O–H groups in total. The topological polar surface area (TPSA) is 38.1 Å². The molecule has 1 aromatic carbocycles. The minimum absolute atomic E-state index is 0.0295. The van der Waals surface area contributed by atoms with E-state index in [9.17, 15) is 0 Å². The Balaban J connectivity index is 2.31. The van der Waals surface area contributed by atoms with E-state index in [4.69, 9.17) is 16.0 Å². The van der Waals surface area contributed by atoms with Gasteiger partial charge in [-0.3, -0.25) is 0 Å². The van der Waals surface area contributed by atoms with Crippen molar-refractivity contribution in [2.75, 3.05) is 0 Å². The number of rotatable bonds is 3. The van der Waals surface area contributed by atoms with Crippen LogP contribution < -0.4 is 5.32 Å². The Morgan fingerprint density at radius 2 is 2.11 bits per heavy atom. The predicted octanol–water partition coefficient (Wildman–Crippen LogP) is 4.65. The third-order valence-corrected chi connectivity index (χ3v) is 3.53. The summed E-state index contributed by atoms with van der Waals surface area (Å²) in [5.74, 6) is 0.742. The second-order valence-electron chi connectivity index (χ2n) is 5.36. The van der Waals surface area contributed by atoms with E-state index in [0.717, 1.165) is 21.5 Å². The van der Waals surface area contributed by atoms with Gasteiger partial charge in [0.15, 0.2) is 12.2 Å². The Morgan fingerprint density at radius 1 is 1.37 bits per heavy atom. The molecule has 3 nitrogen and oxygen atoms in total. The maximum Gasteiger partial charge on any atom is 0.181 e. The summed E-state index contributed by atoms with van der Waals surface area (Å²) in [6.07, 6.45) is 1.46. The maximum absolute atomic E-state index is 6.04. The molecular formula is C14H16BrClN2O. The molecule has 5 heteroatoms. The average Bonchev–Trinajstić information content (AvgIpc) is 2.77. The van der Waals surface area contributed by atoms with Crippen LogP contribution in [0.1, 0.15) is 26.5 Å². The number of nitrogens with zero attached hydrogens (tertiary/aromatic N) is 1. The molecule has 0 aliphatic heterocycles. The third kappa shape index (κ3) is 3.81. The van der Waals surface area contributed by atoms with Gasteiger partial charge in [0.25, 0.3) is 0 Å². The molecule has 0 amide bonds. The zero-order chi connectivity index (χ0) is 14.0. The van der Waals surface area contributed by atoms with Gasteiger partial charge in [-0.2, -0.15) is 0 Å². The lowest BCUT2D eigenvalue weighted by molar-refractivity contribution is 0.421. The second kappa shape index (κ2) is 5.65. The highest BCUT2D eigenvalue weighted by molar-refractivity contribution is 9.10. The summed E-state index contributed by atoms with van der Waals surface area (Å²) in [5.41, 5.74) is 1.82. The molecule has 0 spiro atoms. The normalized spacial score (nSPS) is 11.8. The molecular weight excluding hydrogens is 328 g/mol. The Kier molecular flexibility index (Phi) is 4.33. The largest absolute Gasteiger partial charge is 0.443 e. The summed E-state index contributed by atoms with van der Waals surface area (Å²) in [6.45, 7) is 6.99. The summed E-state index contributed by atoms with van der Waals surface area (Å²) >= 11 is 9.55. The van der Waals surface area contributed by atoms with E-state index >= 15 is 0 Å². The number of halogens is 2. The fourth-order valence-electron chi connectivity index (χ4n) is 1.63. The van der Waals surface area contributed by atoms with E-state index in [-0.39, 0.29) is 5.54 Å². The van der Waals surface area contributed by atoms with Gasteiger partial charge in [-0.1, -0.05) is 27.5 Å². The van der Waals surface area contributed by atoms with E-state index in [2.05, 4.69) is 47.0 Å². The van der Waals surface area contributed by atoms with Crippen LogP contribution in [-0.4, -0.2) is 10.5 Å². The first kappa shape index (κ1) is 14.6. The van der Waals surface area contributed by atoms with E-state index < -0.39 is 0 Å². The molecule has 0 atom stereocenters. The third-order valence-electron chi connectivity index (χ3n) is 2.60. The van der Waals surface area contributed by atoms with Crippen LogP contribution in [-0.2, 0) is 6.54 Å². The van der Waals surface area contributed by atoms with Gasteiger partial charge in [-0.05, 0) is 39.0 Å². The van der Waals surface area contributed by atoms with Crippen LogP contribution in [0.25, 0.3) is 11.3 Å². The first-order chi connectivity index (χ1) is 8.87. The highest BCUT2D eigenvalue weighted by Crippen LogP contribution is 2.32. The van der Waals surface area contributed by atoms with E-state index in [1.165, 1.54) is 6.39 Å². The molecule has 0 radical (unpaired) electrons. The number of aromatic nitrogens is 1. The van der Waals surface area contributed by atoms with Crippen molar-refractivity contribution in [3.63, 3.8) is 0 Å². The second-order valence-corrected chi connectivity index (χ2v) is 6.65. The molecule has 0 unspecified atom stereocenters. The van der Waals surface area contributed by atoms with Crippen molar-refractivity contribution >= 4 is 27.5 Å². The van der Waals surface area contributed by atoms with Gasteiger partial charge >= 0.3 is 0 Å². The average molecular weight is 344 g/mol. The Hall–Kier alpha value is -0.840. The van der Waals surface area contributed by atoms with Gasteiger partial charge in [-0.25, -0.2) is 4.98 Å². The van der Waals surface area contributed by atoms with Crippen LogP contribution in [0.2, 0.25) is 5.02 Å². The molecule has 0 bridgehead atoms. The minimum atomic E-state index is 0.0295. The van der Waals surface area contributed by atoms with Crippen LogP contribution in [0.3, 0.4) is 0 Å². The van der Waals surface area contributed by atoms with E-state index in [1.807, 2.05) is 18.2 Å². The van der Waals surface area contributed by atoms with Gasteiger partial charge in [0.1, 0.15) is 5.69 Å². The summed E-state index contributed by atoms with van der Waals surface area (Å²) in [5, 5.41) is 4.07. The first-order valence-electron chi connectivity index (χ1n) is 5.99. The van der Waals surface area contributed by atoms with Gasteiger partial charge < -0.3 is 9.73 Å². The molecule has 1 heterocycles. The smallest absolute Gasteiger partial charge is 0.181 e. The highest BCUT2D eigenvalue weighted by atomic mass is 79.9. The molecule has 19 heavy (non-hydrogen) atoms. The summed E-state index contributed by atoms with van der Waals surface area (Å²) < 4.78 is 6.45. The van der Waals surface area contributed by atoms with Crippen LogP contribution in [0, 0.1) is 0 Å². The minimum Gasteiger partial charge on any atom is -0.443 e. The number of hydrogen-bond acceptors (Lipinski definition) is 3. The fraction of sp³-hybridized carbons (Fsp3) is 0.357. The molecule has 1 aromatic heterocycles. The lowest BCUT2D eigenvalue weighted by Gasteiger charge is -2.19. The molecule has 2 aromatic rings. The molecule has 2 rings (SSSR count). The molecule has 102 valence electrons. The molecule has 0 saturated heterocycles. The van der Waals surface area contributed by atoms with Crippen molar-refractivity contribution in [1.82, 2.24) is 10.3 Å². The number of benzene rings is 1. The predicted molar refractivity (Wildman–Crippen MR) is 81.2 cm³/mol. The van der Waals surface area contributed by atoms with Crippen molar-refractivity contribution < 1.29 is 4.42 Å². The van der Waals surface area contributed by atoms with Crippen molar-refractivity contribution in [3.8, 4) is 11.3 Å². The van der Waals surface area contributed by atoms with E-state index in [1.54, 1.807) is 0 Å². The fourth-order valence-corrected chi connectivity index (χ4v) is 2.23. The monoisotopic (exact) mass is 342 g/mol. The van der Waals surface area contributed by atoms with Gasteiger partial charge in [-0.15, -0.1) is 0 Å². The Labute approximate surface area is 126 Å². The molecule has 0 aliphatic rings. The number of oxazole rings is 1. The molecule has 0 aliphatic carbocycles. The van der Waals surface area contributed by atoms with Crippen LogP contribution in [0.5, 0.6) is 0 Å². The summed E-state index contributed by atoms with van der Waals surface area (Å²) in [4.78, 5) is 4.27. The van der Waals surface area contributed by atoms with Crippen molar-refractivity contribution in [2.45, 2.75) is 32.9 Å². The quantitative estimate of drug-likeness (QED) is 0.882. The first-order valence-corrected chi connectivity index (χ1v) is 7.17. The standard InChI is InChI=1S/C14H16BrClN2O/c1-14(2,3)18-7-12-13(19-8-17-12)10-6-9(16)4-5-11(10)15/h4-6,8,18H,7H2,1-3H3. The Morgan fingerprint density at radius 3 is 2.79 bits per heavy atom. The SMILES string of the molecule is CC(C)(C)NCc1ncoc1-c1cc(Cl)ccc1Br. The zero-order valence-corrected chi connectivity index (χ0v) is 13.5. The number of nitrogens with one attached hydrogen (secondary N) is 1. The lowest BCUT2D eigenvalue weighted by atomic mass is 10.1. The highest BCUT2D eigenvalue weighted by Gasteiger charge is 2.16. The Bertz CT molecular complexity index is 575. The molecule has 0 fully saturated rings. The number of hydrogen-bond donors (Lipinski definition) is 1. The maximum atomic E-state index is 6.04. The van der Waals surface area contributed by atoms with Gasteiger partial charge in [0.2, 0.25) is 0 Å².